The van der Waals surface area contributed by atoms with Crippen LogP contribution in [0.5, 0.6) is 0 Å². The first kappa shape index (κ1) is 16.7. The van der Waals surface area contributed by atoms with Gasteiger partial charge in [0.15, 0.2) is 0 Å². The number of carbonyl (C=O) groups is 2. The first-order chi connectivity index (χ1) is 7.95. The van der Waals surface area contributed by atoms with Gasteiger partial charge in [0, 0.05) is 12.7 Å². The molecule has 100 valence electrons. The van der Waals surface area contributed by atoms with E-state index in [1.54, 1.807) is 19.1 Å². The van der Waals surface area contributed by atoms with Crippen LogP contribution in [0.4, 0.5) is 5.69 Å². The van der Waals surface area contributed by atoms with Crippen molar-refractivity contribution in [2.75, 3.05) is 12.4 Å². The zero-order valence-electron chi connectivity index (χ0n) is 9.99. The van der Waals surface area contributed by atoms with Crippen molar-refractivity contribution in [3.8, 4) is 0 Å². The van der Waals surface area contributed by atoms with Crippen molar-refractivity contribution in [3.05, 3.63) is 28.8 Å². The van der Waals surface area contributed by atoms with E-state index in [4.69, 9.17) is 17.3 Å². The second-order valence-corrected chi connectivity index (χ2v) is 3.96. The van der Waals surface area contributed by atoms with Gasteiger partial charge in [0.25, 0.3) is 5.91 Å². The van der Waals surface area contributed by atoms with Crippen molar-refractivity contribution < 1.29 is 9.59 Å². The average Bonchev–Trinajstić information content (AvgIpc) is 2.30. The fraction of sp³-hybridized carbons (Fsp3) is 0.273. The van der Waals surface area contributed by atoms with E-state index in [2.05, 4.69) is 10.6 Å². The molecular weight excluding hydrogens is 277 g/mol. The summed E-state index contributed by atoms with van der Waals surface area (Å²) in [6.45, 7) is 1.57. The van der Waals surface area contributed by atoms with Crippen LogP contribution in [-0.2, 0) is 4.79 Å². The summed E-state index contributed by atoms with van der Waals surface area (Å²) >= 11 is 5.87. The monoisotopic (exact) mass is 291 g/mol. The molecule has 4 N–H and O–H groups in total. The molecule has 0 aliphatic heterocycles. The molecule has 0 aromatic heterocycles. The van der Waals surface area contributed by atoms with E-state index >= 15 is 0 Å². The lowest BCUT2D eigenvalue weighted by Gasteiger charge is -2.10. The van der Waals surface area contributed by atoms with Crippen molar-refractivity contribution in [1.82, 2.24) is 5.32 Å². The Morgan fingerprint density at radius 2 is 2.00 bits per heavy atom. The van der Waals surface area contributed by atoms with Gasteiger partial charge < -0.3 is 16.4 Å². The molecule has 0 spiro atoms. The molecular formula is C11H15Cl2N3O2. The molecule has 18 heavy (non-hydrogen) atoms. The first-order valence-electron chi connectivity index (χ1n) is 5.03. The van der Waals surface area contributed by atoms with E-state index in [0.717, 1.165) is 0 Å². The Morgan fingerprint density at radius 3 is 2.50 bits per heavy atom. The topological polar surface area (TPSA) is 84.2 Å². The molecule has 1 aromatic rings. The Labute approximate surface area is 116 Å². The molecule has 0 saturated carbocycles. The number of halogens is 2. The standard InChI is InChI=1S/C11H14ClN3O2.ClH/c1-6(13)10(16)15-7-3-4-9(12)8(5-7)11(17)14-2;/h3-6H,13H2,1-2H3,(H,14,17)(H,15,16);1H. The van der Waals surface area contributed by atoms with Gasteiger partial charge in [-0.05, 0) is 25.1 Å². The number of nitrogens with one attached hydrogen (secondary N) is 2. The molecule has 7 heteroatoms. The number of hydrogen-bond donors (Lipinski definition) is 3. The summed E-state index contributed by atoms with van der Waals surface area (Å²) < 4.78 is 0. The van der Waals surface area contributed by atoms with Gasteiger partial charge in [0.2, 0.25) is 5.91 Å². The minimum absolute atomic E-state index is 0. The van der Waals surface area contributed by atoms with Gasteiger partial charge in [0.05, 0.1) is 16.6 Å². The molecule has 1 atom stereocenters. The van der Waals surface area contributed by atoms with Crippen LogP contribution in [0.2, 0.25) is 5.02 Å². The molecule has 0 fully saturated rings. The quantitative estimate of drug-likeness (QED) is 0.787. The molecule has 5 nitrogen and oxygen atoms in total. The molecule has 1 aromatic carbocycles. The van der Waals surface area contributed by atoms with E-state index in [9.17, 15) is 9.59 Å². The predicted octanol–water partition coefficient (Wildman–Crippen LogP) is 1.41. The average molecular weight is 292 g/mol. The fourth-order valence-corrected chi connectivity index (χ4v) is 1.37. The summed E-state index contributed by atoms with van der Waals surface area (Å²) in [6, 6.07) is 4.04. The van der Waals surface area contributed by atoms with E-state index in [-0.39, 0.29) is 24.2 Å². The highest BCUT2D eigenvalue weighted by molar-refractivity contribution is 6.34. The van der Waals surface area contributed by atoms with Gasteiger partial charge >= 0.3 is 0 Å². The number of rotatable bonds is 3. The SMILES string of the molecule is CNC(=O)c1cc(NC(=O)C(C)N)ccc1Cl.Cl. The van der Waals surface area contributed by atoms with Crippen molar-refractivity contribution in [2.45, 2.75) is 13.0 Å². The van der Waals surface area contributed by atoms with Crippen LogP contribution in [0.15, 0.2) is 18.2 Å². The van der Waals surface area contributed by atoms with Crippen molar-refractivity contribution in [3.63, 3.8) is 0 Å². The van der Waals surface area contributed by atoms with Crippen LogP contribution in [0.3, 0.4) is 0 Å². The van der Waals surface area contributed by atoms with Crippen LogP contribution >= 0.6 is 24.0 Å². The highest BCUT2D eigenvalue weighted by atomic mass is 35.5. The number of hydrogen-bond acceptors (Lipinski definition) is 3. The van der Waals surface area contributed by atoms with Crippen LogP contribution < -0.4 is 16.4 Å². The van der Waals surface area contributed by atoms with Gasteiger partial charge in [-0.2, -0.15) is 0 Å². The smallest absolute Gasteiger partial charge is 0.252 e. The third-order valence-corrected chi connectivity index (χ3v) is 2.45. The Bertz CT molecular complexity index is 450. The molecule has 1 unspecified atom stereocenters. The van der Waals surface area contributed by atoms with Crippen molar-refractivity contribution in [1.29, 1.82) is 0 Å². The van der Waals surface area contributed by atoms with E-state index in [0.29, 0.717) is 16.3 Å². The summed E-state index contributed by atoms with van der Waals surface area (Å²) in [6.07, 6.45) is 0. The summed E-state index contributed by atoms with van der Waals surface area (Å²) in [5, 5.41) is 5.37. The van der Waals surface area contributed by atoms with Crippen molar-refractivity contribution >= 4 is 41.5 Å². The predicted molar refractivity (Wildman–Crippen MR) is 74.4 cm³/mol. The maximum Gasteiger partial charge on any atom is 0.252 e. The van der Waals surface area contributed by atoms with Crippen LogP contribution in [0, 0.1) is 0 Å². The summed E-state index contributed by atoms with van der Waals surface area (Å²) in [5.74, 6) is -0.637. The third kappa shape index (κ3) is 4.18. The zero-order valence-corrected chi connectivity index (χ0v) is 11.6. The van der Waals surface area contributed by atoms with Gasteiger partial charge in [-0.1, -0.05) is 11.6 Å². The normalized spacial score (nSPS) is 11.1. The first-order valence-corrected chi connectivity index (χ1v) is 5.41. The number of benzene rings is 1. The maximum atomic E-state index is 11.5. The van der Waals surface area contributed by atoms with Gasteiger partial charge in [-0.3, -0.25) is 9.59 Å². The van der Waals surface area contributed by atoms with Crippen LogP contribution in [0.1, 0.15) is 17.3 Å². The lowest BCUT2D eigenvalue weighted by molar-refractivity contribution is -0.117. The van der Waals surface area contributed by atoms with Crippen LogP contribution in [-0.4, -0.2) is 24.9 Å². The Kier molecular flexibility index (Phi) is 6.68. The lowest BCUT2D eigenvalue weighted by atomic mass is 10.2. The molecule has 0 aliphatic carbocycles. The lowest BCUT2D eigenvalue weighted by Crippen LogP contribution is -2.32. The van der Waals surface area contributed by atoms with Crippen molar-refractivity contribution in [2.24, 2.45) is 5.73 Å². The Balaban J connectivity index is 0.00000289. The zero-order chi connectivity index (χ0) is 13.0. The van der Waals surface area contributed by atoms with E-state index < -0.39 is 6.04 Å². The molecule has 1 rings (SSSR count). The van der Waals surface area contributed by atoms with Gasteiger partial charge in [-0.15, -0.1) is 12.4 Å². The third-order valence-electron chi connectivity index (χ3n) is 2.12. The van der Waals surface area contributed by atoms with Gasteiger partial charge in [-0.25, -0.2) is 0 Å². The second kappa shape index (κ2) is 7.20. The van der Waals surface area contributed by atoms with E-state index in [1.807, 2.05) is 0 Å². The molecule has 0 aliphatic rings. The molecule has 0 saturated heterocycles. The minimum atomic E-state index is -0.617. The van der Waals surface area contributed by atoms with E-state index in [1.165, 1.54) is 13.1 Å². The number of anilines is 1. The minimum Gasteiger partial charge on any atom is -0.355 e. The number of amides is 2. The number of carbonyl (C=O) groups excluding carboxylic acids is 2. The summed E-state index contributed by atoms with van der Waals surface area (Å²) in [7, 11) is 1.51. The molecule has 2 amide bonds. The number of nitrogens with two attached hydrogens (primary N) is 1. The highest BCUT2D eigenvalue weighted by Gasteiger charge is 2.12. The second-order valence-electron chi connectivity index (χ2n) is 3.55. The van der Waals surface area contributed by atoms with Gasteiger partial charge in [0.1, 0.15) is 0 Å². The van der Waals surface area contributed by atoms with Crippen LogP contribution in [0.25, 0.3) is 0 Å². The summed E-state index contributed by atoms with van der Waals surface area (Å²) in [5.41, 5.74) is 6.20. The Morgan fingerprint density at radius 1 is 1.39 bits per heavy atom. The summed E-state index contributed by atoms with van der Waals surface area (Å²) in [4.78, 5) is 22.9. The molecule has 0 bridgehead atoms. The largest absolute Gasteiger partial charge is 0.355 e. The molecule has 0 heterocycles. The maximum absolute atomic E-state index is 11.5. The Hall–Kier alpha value is -1.30. The molecule has 0 radical (unpaired) electrons. The highest BCUT2D eigenvalue weighted by Crippen LogP contribution is 2.20. The fourth-order valence-electron chi connectivity index (χ4n) is 1.17.